The molecule has 3 N–H and O–H groups in total. The molecular formula is C21H19ClN2O3S. The van der Waals surface area contributed by atoms with Crippen molar-refractivity contribution < 1.29 is 14.7 Å². The van der Waals surface area contributed by atoms with Crippen LogP contribution < -0.4 is 10.6 Å². The van der Waals surface area contributed by atoms with Gasteiger partial charge in [0.25, 0.3) is 0 Å². The van der Waals surface area contributed by atoms with Gasteiger partial charge in [0.2, 0.25) is 0 Å². The predicted octanol–water partition coefficient (Wildman–Crippen LogP) is 4.05. The smallest absolute Gasteiger partial charge is 0.313 e. The Hall–Kier alpha value is -2.67. The molecule has 28 heavy (non-hydrogen) atoms. The topological polar surface area (TPSA) is 78.4 Å². The summed E-state index contributed by atoms with van der Waals surface area (Å²) >= 11 is 7.40. The van der Waals surface area contributed by atoms with Crippen LogP contribution in [-0.4, -0.2) is 16.9 Å². The number of aryl methyl sites for hydroxylation is 1. The molecule has 1 atom stereocenters. The summed E-state index contributed by atoms with van der Waals surface area (Å²) in [6, 6.07) is 18.0. The Labute approximate surface area is 172 Å². The van der Waals surface area contributed by atoms with Crippen LogP contribution in [0, 0.1) is 6.92 Å². The van der Waals surface area contributed by atoms with Crippen molar-refractivity contribution in [1.29, 1.82) is 0 Å². The van der Waals surface area contributed by atoms with Crippen LogP contribution in [0.2, 0.25) is 5.02 Å². The molecule has 2 aromatic carbocycles. The number of hydrogen-bond donors (Lipinski definition) is 3. The van der Waals surface area contributed by atoms with Crippen molar-refractivity contribution in [3.8, 4) is 0 Å². The van der Waals surface area contributed by atoms with Crippen LogP contribution in [-0.2, 0) is 16.1 Å². The molecule has 0 spiro atoms. The van der Waals surface area contributed by atoms with Crippen molar-refractivity contribution in [3.05, 3.63) is 86.6 Å². The number of benzene rings is 2. The molecule has 0 bridgehead atoms. The average molecular weight is 415 g/mol. The number of carbonyl (C=O) groups is 2. The zero-order valence-corrected chi connectivity index (χ0v) is 16.7. The standard InChI is InChI=1S/C21H19ClN2O3S/c1-13-7-8-15(11-17(13)22)24-21(27)20(26)23-12-16-9-10-18(28-16)19(25)14-5-3-2-4-6-14/h2-11,19,25H,12H2,1H3,(H,23,26)(H,24,27)/t19-/m0/s1. The number of carbonyl (C=O) groups excluding carboxylic acids is 2. The molecule has 0 saturated carbocycles. The molecule has 0 aliphatic heterocycles. The lowest BCUT2D eigenvalue weighted by Gasteiger charge is -2.08. The Morgan fingerprint density at radius 2 is 1.82 bits per heavy atom. The van der Waals surface area contributed by atoms with Crippen LogP contribution in [0.5, 0.6) is 0 Å². The van der Waals surface area contributed by atoms with Crippen molar-refractivity contribution in [2.75, 3.05) is 5.32 Å². The normalized spacial score (nSPS) is 11.7. The zero-order valence-electron chi connectivity index (χ0n) is 15.1. The number of halogens is 1. The molecule has 1 aromatic heterocycles. The SMILES string of the molecule is Cc1ccc(NC(=O)C(=O)NCc2ccc([C@@H](O)c3ccccc3)s2)cc1Cl. The van der Waals surface area contributed by atoms with Crippen LogP contribution in [0.3, 0.4) is 0 Å². The van der Waals surface area contributed by atoms with E-state index in [0.717, 1.165) is 20.9 Å². The quantitative estimate of drug-likeness (QED) is 0.551. The lowest BCUT2D eigenvalue weighted by Crippen LogP contribution is -2.34. The molecule has 5 nitrogen and oxygen atoms in total. The Morgan fingerprint density at radius 1 is 1.07 bits per heavy atom. The second kappa shape index (κ2) is 9.01. The fraction of sp³-hybridized carbons (Fsp3) is 0.143. The first-order valence-corrected chi connectivity index (χ1v) is 9.80. The van der Waals surface area contributed by atoms with Gasteiger partial charge in [-0.2, -0.15) is 0 Å². The number of hydrogen-bond acceptors (Lipinski definition) is 4. The molecule has 0 radical (unpaired) electrons. The maximum Gasteiger partial charge on any atom is 0.313 e. The first-order valence-electron chi connectivity index (χ1n) is 8.61. The van der Waals surface area contributed by atoms with E-state index in [1.54, 1.807) is 18.2 Å². The van der Waals surface area contributed by atoms with Gasteiger partial charge in [0.1, 0.15) is 6.10 Å². The highest BCUT2D eigenvalue weighted by atomic mass is 35.5. The van der Waals surface area contributed by atoms with Gasteiger partial charge in [-0.3, -0.25) is 9.59 Å². The van der Waals surface area contributed by atoms with E-state index in [1.807, 2.05) is 49.4 Å². The highest BCUT2D eigenvalue weighted by Crippen LogP contribution is 2.28. The van der Waals surface area contributed by atoms with Gasteiger partial charge in [-0.1, -0.05) is 48.0 Å². The van der Waals surface area contributed by atoms with E-state index in [9.17, 15) is 14.7 Å². The number of aliphatic hydroxyl groups excluding tert-OH is 1. The van der Waals surface area contributed by atoms with E-state index in [4.69, 9.17) is 11.6 Å². The molecule has 144 valence electrons. The zero-order chi connectivity index (χ0) is 20.1. The number of nitrogens with one attached hydrogen (secondary N) is 2. The van der Waals surface area contributed by atoms with Gasteiger partial charge in [0.15, 0.2) is 0 Å². The van der Waals surface area contributed by atoms with Gasteiger partial charge >= 0.3 is 11.8 Å². The third-order valence-corrected chi connectivity index (χ3v) is 5.67. The summed E-state index contributed by atoms with van der Waals surface area (Å²) in [6.45, 7) is 2.05. The number of rotatable bonds is 5. The van der Waals surface area contributed by atoms with Crippen LogP contribution in [0.1, 0.15) is 27.0 Å². The summed E-state index contributed by atoms with van der Waals surface area (Å²) < 4.78 is 0. The molecule has 0 aliphatic rings. The minimum absolute atomic E-state index is 0.201. The summed E-state index contributed by atoms with van der Waals surface area (Å²) in [5.41, 5.74) is 2.14. The van der Waals surface area contributed by atoms with Crippen molar-refractivity contribution in [3.63, 3.8) is 0 Å². The minimum Gasteiger partial charge on any atom is -0.383 e. The van der Waals surface area contributed by atoms with Gasteiger partial charge in [-0.25, -0.2) is 0 Å². The largest absolute Gasteiger partial charge is 0.383 e. The fourth-order valence-electron chi connectivity index (χ4n) is 2.54. The van der Waals surface area contributed by atoms with Crippen molar-refractivity contribution in [2.24, 2.45) is 0 Å². The predicted molar refractivity (Wildman–Crippen MR) is 111 cm³/mol. The van der Waals surface area contributed by atoms with Gasteiger partial charge < -0.3 is 15.7 Å². The van der Waals surface area contributed by atoms with Crippen molar-refractivity contribution in [1.82, 2.24) is 5.32 Å². The fourth-order valence-corrected chi connectivity index (χ4v) is 3.69. The minimum atomic E-state index is -0.763. The van der Waals surface area contributed by atoms with E-state index in [0.29, 0.717) is 10.7 Å². The van der Waals surface area contributed by atoms with E-state index >= 15 is 0 Å². The molecule has 1 heterocycles. The van der Waals surface area contributed by atoms with Crippen molar-refractivity contribution >= 4 is 40.4 Å². The molecular weight excluding hydrogens is 396 g/mol. The number of amides is 2. The maximum absolute atomic E-state index is 12.0. The Kier molecular flexibility index (Phi) is 6.46. The first kappa shape index (κ1) is 20.1. The van der Waals surface area contributed by atoms with E-state index in [-0.39, 0.29) is 6.54 Å². The third-order valence-electron chi connectivity index (χ3n) is 4.13. The molecule has 0 saturated heterocycles. The van der Waals surface area contributed by atoms with Crippen molar-refractivity contribution in [2.45, 2.75) is 19.6 Å². The summed E-state index contributed by atoms with van der Waals surface area (Å²) in [5, 5.41) is 16.0. The third kappa shape index (κ3) is 4.98. The lowest BCUT2D eigenvalue weighted by atomic mass is 10.1. The second-order valence-corrected chi connectivity index (χ2v) is 7.83. The molecule has 0 aliphatic carbocycles. The highest BCUT2D eigenvalue weighted by molar-refractivity contribution is 7.12. The summed E-state index contributed by atoms with van der Waals surface area (Å²) in [7, 11) is 0. The highest BCUT2D eigenvalue weighted by Gasteiger charge is 2.16. The van der Waals surface area contributed by atoms with Gasteiger partial charge in [0, 0.05) is 20.5 Å². The summed E-state index contributed by atoms with van der Waals surface area (Å²) in [4.78, 5) is 25.7. The Morgan fingerprint density at radius 3 is 2.54 bits per heavy atom. The van der Waals surface area contributed by atoms with Gasteiger partial charge in [-0.05, 0) is 42.3 Å². The van der Waals surface area contributed by atoms with Crippen LogP contribution in [0.15, 0.2) is 60.7 Å². The van der Waals surface area contributed by atoms with Crippen LogP contribution in [0.4, 0.5) is 5.69 Å². The second-order valence-electron chi connectivity index (χ2n) is 6.22. The summed E-state index contributed by atoms with van der Waals surface area (Å²) in [6.07, 6.45) is -0.717. The number of anilines is 1. The number of thiophene rings is 1. The molecule has 0 fully saturated rings. The molecule has 3 aromatic rings. The molecule has 7 heteroatoms. The van der Waals surface area contributed by atoms with Gasteiger partial charge in [0.05, 0.1) is 6.54 Å². The molecule has 2 amide bonds. The number of aliphatic hydroxyl groups is 1. The Bertz CT molecular complexity index is 988. The van der Waals surface area contributed by atoms with Crippen LogP contribution in [0.25, 0.3) is 0 Å². The lowest BCUT2D eigenvalue weighted by molar-refractivity contribution is -0.136. The average Bonchev–Trinajstić information content (AvgIpc) is 3.18. The Balaban J connectivity index is 1.55. The molecule has 0 unspecified atom stereocenters. The first-order chi connectivity index (χ1) is 13.4. The molecule has 3 rings (SSSR count). The van der Waals surface area contributed by atoms with E-state index in [1.165, 1.54) is 11.3 Å². The van der Waals surface area contributed by atoms with Gasteiger partial charge in [-0.15, -0.1) is 11.3 Å². The summed E-state index contributed by atoms with van der Waals surface area (Å²) in [5.74, 6) is -1.50. The monoisotopic (exact) mass is 414 g/mol. The van der Waals surface area contributed by atoms with E-state index in [2.05, 4.69) is 10.6 Å². The van der Waals surface area contributed by atoms with E-state index < -0.39 is 17.9 Å². The maximum atomic E-state index is 12.0. The van der Waals surface area contributed by atoms with Crippen LogP contribution >= 0.6 is 22.9 Å².